The van der Waals surface area contributed by atoms with Crippen LogP contribution in [0.1, 0.15) is 46.1 Å². The number of nitrogens with one attached hydrogen (secondary N) is 1. The molecule has 2 atom stereocenters. The molecule has 118 valence electrons. The van der Waals surface area contributed by atoms with E-state index in [4.69, 9.17) is 0 Å². The Kier molecular flexibility index (Phi) is 5.87. The molecule has 1 aromatic carbocycles. The van der Waals surface area contributed by atoms with Crippen LogP contribution in [-0.4, -0.2) is 30.1 Å². The van der Waals surface area contributed by atoms with Crippen LogP contribution in [0.4, 0.5) is 0 Å². The van der Waals surface area contributed by atoms with Gasteiger partial charge in [-0.15, -0.1) is 0 Å². The highest BCUT2D eigenvalue weighted by atomic mass is 79.9. The van der Waals surface area contributed by atoms with Crippen LogP contribution in [0, 0.1) is 5.41 Å². The van der Waals surface area contributed by atoms with Gasteiger partial charge in [-0.2, -0.15) is 0 Å². The van der Waals surface area contributed by atoms with Gasteiger partial charge in [0, 0.05) is 36.2 Å². The molecule has 2 rings (SSSR count). The van der Waals surface area contributed by atoms with Gasteiger partial charge in [0.15, 0.2) is 0 Å². The predicted octanol–water partition coefficient (Wildman–Crippen LogP) is 4.44. The smallest absolute Gasteiger partial charge is 0.0273 e. The predicted molar refractivity (Wildman–Crippen MR) is 94.5 cm³/mol. The normalized spacial score (nSPS) is 24.2. The molecular weight excluding hydrogens is 324 g/mol. The lowest BCUT2D eigenvalue weighted by Gasteiger charge is -2.46. The third-order valence-electron chi connectivity index (χ3n) is 4.41. The van der Waals surface area contributed by atoms with Gasteiger partial charge in [0.1, 0.15) is 0 Å². The molecule has 1 aliphatic heterocycles. The van der Waals surface area contributed by atoms with Crippen LogP contribution in [0.25, 0.3) is 0 Å². The summed E-state index contributed by atoms with van der Waals surface area (Å²) in [6.45, 7) is 12.6. The summed E-state index contributed by atoms with van der Waals surface area (Å²) < 4.78 is 1.17. The van der Waals surface area contributed by atoms with E-state index in [1.54, 1.807) is 0 Å². The highest BCUT2D eigenvalue weighted by Gasteiger charge is 2.35. The van der Waals surface area contributed by atoms with Gasteiger partial charge in [-0.05, 0) is 29.5 Å². The van der Waals surface area contributed by atoms with Crippen LogP contribution in [0.3, 0.4) is 0 Å². The lowest BCUT2D eigenvalue weighted by atomic mass is 9.83. The lowest BCUT2D eigenvalue weighted by molar-refractivity contribution is 0.0474. The molecule has 0 saturated carbocycles. The van der Waals surface area contributed by atoms with Crippen LogP contribution in [0.15, 0.2) is 28.7 Å². The van der Waals surface area contributed by atoms with Crippen molar-refractivity contribution in [3.05, 3.63) is 34.3 Å². The summed E-state index contributed by atoms with van der Waals surface area (Å²) in [5, 5.41) is 3.75. The maximum atomic E-state index is 3.75. The van der Waals surface area contributed by atoms with Crippen LogP contribution < -0.4 is 5.32 Å². The van der Waals surface area contributed by atoms with Crippen LogP contribution in [0.2, 0.25) is 0 Å². The maximum absolute atomic E-state index is 3.75. The topological polar surface area (TPSA) is 15.3 Å². The Morgan fingerprint density at radius 1 is 1.33 bits per heavy atom. The summed E-state index contributed by atoms with van der Waals surface area (Å²) in [6, 6.07) is 9.95. The fourth-order valence-corrected chi connectivity index (χ4v) is 3.77. The minimum absolute atomic E-state index is 0.302. The Morgan fingerprint density at radius 2 is 2.10 bits per heavy atom. The van der Waals surface area contributed by atoms with Gasteiger partial charge >= 0.3 is 0 Å². The standard InChI is InChI=1S/C18H29BrN2/c1-5-7-16-13-21(17(11-20-16)18(2,3)4)12-14-8-6-9-15(19)10-14/h6,8-10,16-17,20H,5,7,11-13H2,1-4H3. The second kappa shape index (κ2) is 7.26. The van der Waals surface area contributed by atoms with E-state index in [0.29, 0.717) is 17.5 Å². The van der Waals surface area contributed by atoms with E-state index in [2.05, 4.69) is 78.1 Å². The average molecular weight is 353 g/mol. The quantitative estimate of drug-likeness (QED) is 0.861. The first-order valence-corrected chi connectivity index (χ1v) is 8.91. The van der Waals surface area contributed by atoms with Crippen molar-refractivity contribution in [2.24, 2.45) is 5.41 Å². The van der Waals surface area contributed by atoms with Crippen molar-refractivity contribution in [3.8, 4) is 0 Å². The molecule has 2 nitrogen and oxygen atoms in total. The maximum Gasteiger partial charge on any atom is 0.0273 e. The third-order valence-corrected chi connectivity index (χ3v) is 4.90. The highest BCUT2D eigenvalue weighted by molar-refractivity contribution is 9.10. The van der Waals surface area contributed by atoms with Crippen LogP contribution in [0.5, 0.6) is 0 Å². The first kappa shape index (κ1) is 17.0. The molecule has 1 N–H and O–H groups in total. The van der Waals surface area contributed by atoms with Crippen molar-refractivity contribution in [2.75, 3.05) is 13.1 Å². The molecule has 1 heterocycles. The summed E-state index contributed by atoms with van der Waals surface area (Å²) >= 11 is 3.59. The summed E-state index contributed by atoms with van der Waals surface area (Å²) in [5.74, 6) is 0. The van der Waals surface area contributed by atoms with E-state index in [1.807, 2.05) is 0 Å². The molecule has 0 radical (unpaired) electrons. The molecule has 3 heteroatoms. The zero-order chi connectivity index (χ0) is 15.5. The number of rotatable bonds is 4. The van der Waals surface area contributed by atoms with Crippen molar-refractivity contribution < 1.29 is 0 Å². The van der Waals surface area contributed by atoms with E-state index >= 15 is 0 Å². The molecule has 1 saturated heterocycles. The second-order valence-electron chi connectivity index (χ2n) is 7.34. The van der Waals surface area contributed by atoms with Crippen molar-refractivity contribution in [2.45, 2.75) is 59.2 Å². The van der Waals surface area contributed by atoms with Crippen molar-refractivity contribution in [1.82, 2.24) is 10.2 Å². The van der Waals surface area contributed by atoms with Gasteiger partial charge in [-0.3, -0.25) is 4.90 Å². The summed E-state index contributed by atoms with van der Waals surface area (Å²) in [5.41, 5.74) is 1.70. The molecule has 1 aliphatic rings. The van der Waals surface area contributed by atoms with Crippen LogP contribution >= 0.6 is 15.9 Å². The first-order valence-electron chi connectivity index (χ1n) is 8.12. The van der Waals surface area contributed by atoms with Crippen molar-refractivity contribution >= 4 is 15.9 Å². The molecular formula is C18H29BrN2. The Labute approximate surface area is 138 Å². The summed E-state index contributed by atoms with van der Waals surface area (Å²) in [6.07, 6.45) is 2.52. The number of piperazine rings is 1. The SMILES string of the molecule is CCCC1CN(Cc2cccc(Br)c2)C(C(C)(C)C)CN1. The Morgan fingerprint density at radius 3 is 2.71 bits per heavy atom. The van der Waals surface area contributed by atoms with E-state index < -0.39 is 0 Å². The average Bonchev–Trinajstić information content (AvgIpc) is 2.38. The number of nitrogens with zero attached hydrogens (tertiary/aromatic N) is 1. The fraction of sp³-hybridized carbons (Fsp3) is 0.667. The minimum atomic E-state index is 0.302. The first-order chi connectivity index (χ1) is 9.90. The van der Waals surface area contributed by atoms with E-state index in [0.717, 1.165) is 19.6 Å². The van der Waals surface area contributed by atoms with Gasteiger partial charge in [0.2, 0.25) is 0 Å². The third kappa shape index (κ3) is 4.80. The van der Waals surface area contributed by atoms with Crippen molar-refractivity contribution in [3.63, 3.8) is 0 Å². The second-order valence-corrected chi connectivity index (χ2v) is 8.25. The van der Waals surface area contributed by atoms with Gasteiger partial charge in [0.05, 0.1) is 0 Å². The minimum Gasteiger partial charge on any atom is -0.311 e. The van der Waals surface area contributed by atoms with Crippen LogP contribution in [-0.2, 0) is 6.54 Å². The Balaban J connectivity index is 2.13. The zero-order valence-corrected chi connectivity index (χ0v) is 15.4. The monoisotopic (exact) mass is 352 g/mol. The molecule has 0 amide bonds. The summed E-state index contributed by atoms with van der Waals surface area (Å²) in [4.78, 5) is 2.68. The molecule has 1 aromatic rings. The molecule has 0 spiro atoms. The molecule has 21 heavy (non-hydrogen) atoms. The van der Waals surface area contributed by atoms with Gasteiger partial charge in [0.25, 0.3) is 0 Å². The molecule has 0 aromatic heterocycles. The largest absolute Gasteiger partial charge is 0.311 e. The van der Waals surface area contributed by atoms with E-state index in [-0.39, 0.29) is 0 Å². The number of hydrogen-bond donors (Lipinski definition) is 1. The molecule has 1 fully saturated rings. The zero-order valence-electron chi connectivity index (χ0n) is 13.8. The molecule has 0 bridgehead atoms. The molecule has 2 unspecified atom stereocenters. The fourth-order valence-electron chi connectivity index (χ4n) is 3.32. The highest BCUT2D eigenvalue weighted by Crippen LogP contribution is 2.28. The molecule has 0 aliphatic carbocycles. The number of benzene rings is 1. The Hall–Kier alpha value is -0.380. The summed E-state index contributed by atoms with van der Waals surface area (Å²) in [7, 11) is 0. The lowest BCUT2D eigenvalue weighted by Crippen LogP contribution is -2.60. The van der Waals surface area contributed by atoms with Crippen molar-refractivity contribution in [1.29, 1.82) is 0 Å². The van der Waals surface area contributed by atoms with Gasteiger partial charge in [-0.25, -0.2) is 0 Å². The Bertz CT molecular complexity index is 453. The van der Waals surface area contributed by atoms with E-state index in [1.165, 1.54) is 22.9 Å². The number of hydrogen-bond acceptors (Lipinski definition) is 2. The van der Waals surface area contributed by atoms with E-state index in [9.17, 15) is 0 Å². The number of halogens is 1. The van der Waals surface area contributed by atoms with Gasteiger partial charge < -0.3 is 5.32 Å². The van der Waals surface area contributed by atoms with Gasteiger partial charge in [-0.1, -0.05) is 62.2 Å².